The van der Waals surface area contributed by atoms with Crippen molar-refractivity contribution in [1.82, 2.24) is 14.9 Å². The molecule has 5 aromatic rings. The molecule has 40 heavy (non-hydrogen) atoms. The Morgan fingerprint density at radius 2 is 1.70 bits per heavy atom. The molecular formula is C32H31N5O2S. The van der Waals surface area contributed by atoms with Crippen LogP contribution in [0.2, 0.25) is 0 Å². The Morgan fingerprint density at radius 3 is 2.42 bits per heavy atom. The zero-order valence-electron chi connectivity index (χ0n) is 22.4. The van der Waals surface area contributed by atoms with Gasteiger partial charge in [-0.25, -0.2) is 9.97 Å². The SMILES string of the molecule is CN(C)CC=CC(=O)Nc1cccc(-c2c(-c3ccccc3)sc3ncnc(NC(CO)c4ccccc4)c23)c1. The van der Waals surface area contributed by atoms with Gasteiger partial charge in [-0.05, 0) is 42.9 Å². The molecule has 0 fully saturated rings. The third-order valence-corrected chi connectivity index (χ3v) is 7.53. The van der Waals surface area contributed by atoms with Crippen molar-refractivity contribution in [2.24, 2.45) is 0 Å². The Bertz CT molecular complexity index is 1620. The van der Waals surface area contributed by atoms with Gasteiger partial charge in [-0.2, -0.15) is 0 Å². The molecule has 1 unspecified atom stereocenters. The van der Waals surface area contributed by atoms with Gasteiger partial charge in [-0.1, -0.05) is 78.9 Å². The Labute approximate surface area is 237 Å². The summed E-state index contributed by atoms with van der Waals surface area (Å²) >= 11 is 1.59. The number of carbonyl (C=O) groups is 1. The molecule has 0 aliphatic heterocycles. The summed E-state index contributed by atoms with van der Waals surface area (Å²) in [6.07, 6.45) is 4.94. The smallest absolute Gasteiger partial charge is 0.248 e. The Balaban J connectivity index is 1.60. The fourth-order valence-corrected chi connectivity index (χ4v) is 5.67. The van der Waals surface area contributed by atoms with Crippen molar-refractivity contribution < 1.29 is 9.90 Å². The zero-order chi connectivity index (χ0) is 27.9. The number of amides is 1. The van der Waals surface area contributed by atoms with E-state index in [9.17, 15) is 9.90 Å². The lowest BCUT2D eigenvalue weighted by molar-refractivity contribution is -0.111. The first-order chi connectivity index (χ1) is 19.5. The number of hydrogen-bond donors (Lipinski definition) is 3. The Hall–Kier alpha value is -4.37. The van der Waals surface area contributed by atoms with Gasteiger partial charge in [0.25, 0.3) is 0 Å². The second kappa shape index (κ2) is 12.7. The number of rotatable bonds is 10. The molecule has 0 aliphatic carbocycles. The molecule has 202 valence electrons. The van der Waals surface area contributed by atoms with E-state index in [-0.39, 0.29) is 18.6 Å². The van der Waals surface area contributed by atoms with Crippen LogP contribution < -0.4 is 10.6 Å². The number of carbonyl (C=O) groups excluding carboxylic acids is 1. The molecule has 0 saturated heterocycles. The van der Waals surface area contributed by atoms with Gasteiger partial charge in [0.2, 0.25) is 5.91 Å². The molecule has 3 N–H and O–H groups in total. The summed E-state index contributed by atoms with van der Waals surface area (Å²) in [6.45, 7) is 0.589. The number of aliphatic hydroxyl groups excluding tert-OH is 1. The first kappa shape index (κ1) is 27.2. The topological polar surface area (TPSA) is 90.4 Å². The number of nitrogens with one attached hydrogen (secondary N) is 2. The molecule has 2 aromatic heterocycles. The Morgan fingerprint density at radius 1 is 0.975 bits per heavy atom. The highest BCUT2D eigenvalue weighted by Crippen LogP contribution is 2.46. The average Bonchev–Trinajstić information content (AvgIpc) is 3.37. The zero-order valence-corrected chi connectivity index (χ0v) is 23.2. The third-order valence-electron chi connectivity index (χ3n) is 6.38. The van der Waals surface area contributed by atoms with E-state index in [4.69, 9.17) is 0 Å². The average molecular weight is 550 g/mol. The minimum absolute atomic E-state index is 0.0939. The monoisotopic (exact) mass is 549 g/mol. The largest absolute Gasteiger partial charge is 0.394 e. The Kier molecular flexibility index (Phi) is 8.61. The minimum Gasteiger partial charge on any atom is -0.394 e. The summed E-state index contributed by atoms with van der Waals surface area (Å²) < 4.78 is 0. The van der Waals surface area contributed by atoms with Gasteiger partial charge in [0.1, 0.15) is 17.0 Å². The van der Waals surface area contributed by atoms with Gasteiger partial charge in [0.05, 0.1) is 18.0 Å². The molecule has 0 aliphatic rings. The molecule has 0 saturated carbocycles. The minimum atomic E-state index is -0.341. The van der Waals surface area contributed by atoms with Gasteiger partial charge in [-0.3, -0.25) is 4.79 Å². The number of fused-ring (bicyclic) bond motifs is 1. The second-order valence-electron chi connectivity index (χ2n) is 9.60. The summed E-state index contributed by atoms with van der Waals surface area (Å²) in [5.41, 5.74) is 4.62. The van der Waals surface area contributed by atoms with Crippen LogP contribution in [0.15, 0.2) is 103 Å². The first-order valence-corrected chi connectivity index (χ1v) is 13.8. The lowest BCUT2D eigenvalue weighted by Crippen LogP contribution is -2.15. The van der Waals surface area contributed by atoms with Crippen molar-refractivity contribution in [3.8, 4) is 21.6 Å². The summed E-state index contributed by atoms with van der Waals surface area (Å²) in [4.78, 5) is 25.7. The van der Waals surface area contributed by atoms with Crippen LogP contribution in [0, 0.1) is 0 Å². The van der Waals surface area contributed by atoms with Gasteiger partial charge < -0.3 is 20.6 Å². The number of likely N-dealkylation sites (N-methyl/N-ethyl adjacent to an activating group) is 1. The lowest BCUT2D eigenvalue weighted by Gasteiger charge is -2.18. The standard InChI is InChI=1S/C32H31N5O2S/c1-37(2)18-10-17-27(39)35-25-16-9-15-24(19-25)28-29-31(36-26(20-38)22-11-5-3-6-12-22)33-21-34-32(29)40-30(28)23-13-7-4-8-14-23/h3-17,19,21,26,38H,18,20H2,1-2H3,(H,35,39)(H,33,34,36). The van der Waals surface area contributed by atoms with E-state index in [0.29, 0.717) is 18.1 Å². The van der Waals surface area contributed by atoms with Gasteiger partial charge >= 0.3 is 0 Å². The molecule has 3 aromatic carbocycles. The van der Waals surface area contributed by atoms with Crippen LogP contribution in [0.3, 0.4) is 0 Å². The summed E-state index contributed by atoms with van der Waals surface area (Å²) in [5, 5.41) is 17.6. The number of benzene rings is 3. The van der Waals surface area contributed by atoms with Crippen LogP contribution in [0.5, 0.6) is 0 Å². The molecule has 0 radical (unpaired) electrons. The number of thiophene rings is 1. The highest BCUT2D eigenvalue weighted by molar-refractivity contribution is 7.22. The van der Waals surface area contributed by atoms with Crippen molar-refractivity contribution in [3.63, 3.8) is 0 Å². The van der Waals surface area contributed by atoms with Crippen molar-refractivity contribution in [2.45, 2.75) is 6.04 Å². The molecule has 0 bridgehead atoms. The molecular weight excluding hydrogens is 518 g/mol. The van der Waals surface area contributed by atoms with Crippen molar-refractivity contribution in [1.29, 1.82) is 0 Å². The van der Waals surface area contributed by atoms with Crippen LogP contribution >= 0.6 is 11.3 Å². The lowest BCUT2D eigenvalue weighted by atomic mass is 9.99. The van der Waals surface area contributed by atoms with Crippen molar-refractivity contribution in [2.75, 3.05) is 37.9 Å². The quantitative estimate of drug-likeness (QED) is 0.179. The summed E-state index contributed by atoms with van der Waals surface area (Å²) in [7, 11) is 3.91. The maximum Gasteiger partial charge on any atom is 0.248 e. The van der Waals surface area contributed by atoms with Crippen molar-refractivity contribution >= 4 is 39.0 Å². The summed E-state index contributed by atoms with van der Waals surface area (Å²) in [6, 6.07) is 27.5. The summed E-state index contributed by atoms with van der Waals surface area (Å²) in [5.74, 6) is 0.458. The number of hydrogen-bond acceptors (Lipinski definition) is 7. The molecule has 8 heteroatoms. The molecule has 1 atom stereocenters. The van der Waals surface area contributed by atoms with Crippen LogP contribution in [0.25, 0.3) is 31.8 Å². The number of aliphatic hydroxyl groups is 1. The number of anilines is 2. The molecule has 1 amide bonds. The van der Waals surface area contributed by atoms with E-state index in [2.05, 4.69) is 32.7 Å². The maximum absolute atomic E-state index is 12.6. The van der Waals surface area contributed by atoms with E-state index in [1.807, 2.05) is 97.9 Å². The highest BCUT2D eigenvalue weighted by atomic mass is 32.1. The number of aromatic nitrogens is 2. The molecule has 2 heterocycles. The first-order valence-electron chi connectivity index (χ1n) is 13.0. The predicted octanol–water partition coefficient (Wildman–Crippen LogP) is 6.23. The van der Waals surface area contributed by atoms with E-state index < -0.39 is 0 Å². The van der Waals surface area contributed by atoms with Gasteiger partial charge in [0.15, 0.2) is 0 Å². The normalized spacial score (nSPS) is 12.2. The number of nitrogens with zero attached hydrogens (tertiary/aromatic N) is 3. The molecule has 5 rings (SSSR count). The van der Waals surface area contributed by atoms with E-state index in [1.165, 1.54) is 0 Å². The van der Waals surface area contributed by atoms with E-state index in [1.54, 1.807) is 23.7 Å². The van der Waals surface area contributed by atoms with Crippen LogP contribution in [0.4, 0.5) is 11.5 Å². The second-order valence-corrected chi connectivity index (χ2v) is 10.6. The van der Waals surface area contributed by atoms with Crippen LogP contribution in [-0.2, 0) is 4.79 Å². The van der Waals surface area contributed by atoms with Gasteiger partial charge in [0, 0.05) is 28.7 Å². The third kappa shape index (κ3) is 6.26. The van der Waals surface area contributed by atoms with E-state index in [0.717, 1.165) is 37.3 Å². The van der Waals surface area contributed by atoms with Crippen LogP contribution in [0.1, 0.15) is 11.6 Å². The van der Waals surface area contributed by atoms with Crippen LogP contribution in [-0.4, -0.2) is 53.1 Å². The van der Waals surface area contributed by atoms with E-state index >= 15 is 0 Å². The highest BCUT2D eigenvalue weighted by Gasteiger charge is 2.22. The van der Waals surface area contributed by atoms with Gasteiger partial charge in [-0.15, -0.1) is 11.3 Å². The maximum atomic E-state index is 12.6. The molecule has 7 nitrogen and oxygen atoms in total. The predicted molar refractivity (Wildman–Crippen MR) is 165 cm³/mol. The fraction of sp³-hybridized carbons (Fsp3) is 0.156. The van der Waals surface area contributed by atoms with Crippen molar-refractivity contribution in [3.05, 3.63) is 109 Å². The fourth-order valence-electron chi connectivity index (χ4n) is 4.50. The molecule has 0 spiro atoms.